The molecule has 3 aromatic rings. The molecule has 1 aliphatic rings. The normalized spacial score (nSPS) is 13.3. The molecule has 0 fully saturated rings. The molecule has 1 aliphatic heterocycles. The Morgan fingerprint density at radius 1 is 1.14 bits per heavy atom. The van der Waals surface area contributed by atoms with Crippen LogP contribution in [0, 0.1) is 0 Å². The lowest BCUT2D eigenvalue weighted by molar-refractivity contribution is 0.0944. The number of urea groups is 1. The van der Waals surface area contributed by atoms with Crippen LogP contribution < -0.4 is 20.9 Å². The third-order valence-electron chi connectivity index (χ3n) is 5.28. The standard InChI is InChI=1S/C23H26N6O4S2/c1-14(2)25-21(30)17-6-4-5-7-18(17)26-22(31)28-23-27-19-8-9-29(13-20(19)34-23)15-10-16(12-24-11-15)35(3,32)33/h4-7,10-12,14H,8-9,13H2,1-3H3,(H,25,30)(H2,26,27,28,31). The van der Waals surface area contributed by atoms with Crippen LogP contribution in [0.4, 0.5) is 21.3 Å². The second-order valence-electron chi connectivity index (χ2n) is 8.46. The van der Waals surface area contributed by atoms with E-state index in [2.05, 4.69) is 25.9 Å². The van der Waals surface area contributed by atoms with E-state index in [1.54, 1.807) is 36.5 Å². The third kappa shape index (κ3) is 5.95. The minimum atomic E-state index is -3.35. The largest absolute Gasteiger partial charge is 0.365 e. The number of hydrogen-bond donors (Lipinski definition) is 3. The van der Waals surface area contributed by atoms with Crippen molar-refractivity contribution in [3.63, 3.8) is 0 Å². The maximum Gasteiger partial charge on any atom is 0.325 e. The van der Waals surface area contributed by atoms with Gasteiger partial charge in [0.25, 0.3) is 5.91 Å². The van der Waals surface area contributed by atoms with E-state index >= 15 is 0 Å². The fourth-order valence-corrected chi connectivity index (χ4v) is 5.24. The number of fused-ring (bicyclic) bond motifs is 1. The number of benzene rings is 1. The molecule has 0 unspecified atom stereocenters. The fourth-order valence-electron chi connectivity index (χ4n) is 3.63. The topological polar surface area (TPSA) is 133 Å². The quantitative estimate of drug-likeness (QED) is 0.460. The van der Waals surface area contributed by atoms with E-state index in [-0.39, 0.29) is 16.8 Å². The van der Waals surface area contributed by atoms with Gasteiger partial charge in [0.15, 0.2) is 15.0 Å². The van der Waals surface area contributed by atoms with Gasteiger partial charge in [0.1, 0.15) is 0 Å². The lowest BCUT2D eigenvalue weighted by Gasteiger charge is -2.28. The zero-order chi connectivity index (χ0) is 25.2. The van der Waals surface area contributed by atoms with E-state index in [4.69, 9.17) is 0 Å². The Labute approximate surface area is 207 Å². The van der Waals surface area contributed by atoms with Crippen molar-refractivity contribution in [2.75, 3.05) is 28.3 Å². The number of para-hydroxylation sites is 1. The van der Waals surface area contributed by atoms with Crippen molar-refractivity contribution < 1.29 is 18.0 Å². The van der Waals surface area contributed by atoms with Gasteiger partial charge in [-0.2, -0.15) is 0 Å². The van der Waals surface area contributed by atoms with Gasteiger partial charge in [-0.1, -0.05) is 23.5 Å². The summed E-state index contributed by atoms with van der Waals surface area (Å²) < 4.78 is 23.7. The minimum Gasteiger partial charge on any atom is -0.365 e. The average molecular weight is 515 g/mol. The summed E-state index contributed by atoms with van der Waals surface area (Å²) in [7, 11) is -3.35. The zero-order valence-corrected chi connectivity index (χ0v) is 21.2. The number of aromatic nitrogens is 2. The van der Waals surface area contributed by atoms with Crippen molar-refractivity contribution in [1.29, 1.82) is 0 Å². The number of carbonyl (C=O) groups excluding carboxylic acids is 2. The minimum absolute atomic E-state index is 0.0322. The van der Waals surface area contributed by atoms with E-state index in [0.29, 0.717) is 35.9 Å². The molecule has 0 bridgehead atoms. The molecule has 35 heavy (non-hydrogen) atoms. The highest BCUT2D eigenvalue weighted by Gasteiger charge is 2.23. The zero-order valence-electron chi connectivity index (χ0n) is 19.5. The molecule has 0 atom stereocenters. The highest BCUT2D eigenvalue weighted by Crippen LogP contribution is 2.31. The summed E-state index contributed by atoms with van der Waals surface area (Å²) in [5.74, 6) is -0.268. The van der Waals surface area contributed by atoms with Crippen LogP contribution in [0.3, 0.4) is 0 Å². The Morgan fingerprint density at radius 3 is 2.66 bits per heavy atom. The van der Waals surface area contributed by atoms with Crippen molar-refractivity contribution in [1.82, 2.24) is 15.3 Å². The van der Waals surface area contributed by atoms with Crippen LogP contribution in [0.5, 0.6) is 0 Å². The smallest absolute Gasteiger partial charge is 0.325 e. The number of nitrogens with zero attached hydrogens (tertiary/aromatic N) is 3. The summed E-state index contributed by atoms with van der Waals surface area (Å²) in [6.45, 7) is 4.91. The number of sulfone groups is 1. The van der Waals surface area contributed by atoms with Crippen LogP contribution in [0.25, 0.3) is 0 Å². The number of amides is 3. The first kappa shape index (κ1) is 24.6. The maximum atomic E-state index is 12.6. The van der Waals surface area contributed by atoms with Gasteiger partial charge in [0, 0.05) is 36.3 Å². The predicted molar refractivity (Wildman–Crippen MR) is 136 cm³/mol. The van der Waals surface area contributed by atoms with Crippen LogP contribution in [0.1, 0.15) is 34.8 Å². The Morgan fingerprint density at radius 2 is 1.91 bits per heavy atom. The van der Waals surface area contributed by atoms with Crippen LogP contribution in [-0.2, 0) is 22.8 Å². The molecule has 3 amide bonds. The molecule has 12 heteroatoms. The molecular weight excluding hydrogens is 488 g/mol. The number of hydrogen-bond acceptors (Lipinski definition) is 8. The van der Waals surface area contributed by atoms with E-state index in [9.17, 15) is 18.0 Å². The Balaban J connectivity index is 1.44. The van der Waals surface area contributed by atoms with Crippen LogP contribution in [-0.4, -0.2) is 49.2 Å². The van der Waals surface area contributed by atoms with Crippen LogP contribution in [0.2, 0.25) is 0 Å². The van der Waals surface area contributed by atoms with Crippen LogP contribution >= 0.6 is 11.3 Å². The summed E-state index contributed by atoms with van der Waals surface area (Å²) in [6, 6.07) is 7.88. The van der Waals surface area contributed by atoms with E-state index in [0.717, 1.165) is 22.5 Å². The Kier molecular flexibility index (Phi) is 7.03. The summed E-state index contributed by atoms with van der Waals surface area (Å²) in [5.41, 5.74) is 2.38. The third-order valence-corrected chi connectivity index (χ3v) is 7.36. The Hall–Kier alpha value is -3.51. The van der Waals surface area contributed by atoms with Crippen molar-refractivity contribution in [3.05, 3.63) is 58.9 Å². The van der Waals surface area contributed by atoms with Crippen molar-refractivity contribution in [2.24, 2.45) is 0 Å². The Bertz CT molecular complexity index is 1370. The van der Waals surface area contributed by atoms with Gasteiger partial charge < -0.3 is 15.5 Å². The van der Waals surface area contributed by atoms with Gasteiger partial charge in [0.05, 0.1) is 40.3 Å². The number of carbonyl (C=O) groups is 2. The van der Waals surface area contributed by atoms with E-state index in [1.807, 2.05) is 18.7 Å². The van der Waals surface area contributed by atoms with Gasteiger partial charge in [-0.15, -0.1) is 0 Å². The first-order valence-electron chi connectivity index (χ1n) is 11.0. The lowest BCUT2D eigenvalue weighted by atomic mass is 10.1. The van der Waals surface area contributed by atoms with Crippen LogP contribution in [0.15, 0.2) is 47.6 Å². The molecule has 3 heterocycles. The monoisotopic (exact) mass is 514 g/mol. The molecule has 0 radical (unpaired) electrons. The number of pyridine rings is 1. The molecule has 10 nitrogen and oxygen atoms in total. The molecule has 0 spiro atoms. The predicted octanol–water partition coefficient (Wildman–Crippen LogP) is 3.29. The van der Waals surface area contributed by atoms with Gasteiger partial charge >= 0.3 is 6.03 Å². The summed E-state index contributed by atoms with van der Waals surface area (Å²) >= 11 is 1.36. The molecule has 0 saturated heterocycles. The number of rotatable bonds is 6. The summed E-state index contributed by atoms with van der Waals surface area (Å²) in [4.78, 5) is 36.9. The van der Waals surface area contributed by atoms with Crippen molar-refractivity contribution in [2.45, 2.75) is 37.8 Å². The average Bonchev–Trinajstić information content (AvgIpc) is 3.19. The second kappa shape index (κ2) is 10.0. The molecule has 4 rings (SSSR count). The van der Waals surface area contributed by atoms with Crippen molar-refractivity contribution in [3.8, 4) is 0 Å². The lowest BCUT2D eigenvalue weighted by Crippen LogP contribution is -2.31. The van der Waals surface area contributed by atoms with Gasteiger partial charge in [-0.25, -0.2) is 18.2 Å². The molecule has 184 valence electrons. The van der Waals surface area contributed by atoms with Gasteiger partial charge in [0.2, 0.25) is 0 Å². The van der Waals surface area contributed by atoms with Gasteiger partial charge in [-0.3, -0.25) is 15.1 Å². The van der Waals surface area contributed by atoms with E-state index < -0.39 is 15.9 Å². The fraction of sp³-hybridized carbons (Fsp3) is 0.304. The van der Waals surface area contributed by atoms with Gasteiger partial charge in [-0.05, 0) is 32.0 Å². The molecule has 0 aliphatic carbocycles. The molecule has 0 saturated carbocycles. The number of thiazole rings is 1. The SMILES string of the molecule is CC(C)NC(=O)c1ccccc1NC(=O)Nc1nc2c(s1)CN(c1cncc(S(C)(=O)=O)c1)CC2. The second-order valence-corrected chi connectivity index (χ2v) is 11.6. The molecule has 3 N–H and O–H groups in total. The highest BCUT2D eigenvalue weighted by molar-refractivity contribution is 7.90. The molecule has 2 aromatic heterocycles. The van der Waals surface area contributed by atoms with Crippen molar-refractivity contribution >= 4 is 49.6 Å². The molecule has 1 aromatic carbocycles. The maximum absolute atomic E-state index is 12.6. The summed E-state index contributed by atoms with van der Waals surface area (Å²) in [5, 5.41) is 8.75. The first-order chi connectivity index (χ1) is 16.6. The number of nitrogens with one attached hydrogen (secondary N) is 3. The first-order valence-corrected chi connectivity index (χ1v) is 13.7. The molecular formula is C23H26N6O4S2. The number of anilines is 3. The van der Waals surface area contributed by atoms with E-state index in [1.165, 1.54) is 17.5 Å². The summed E-state index contributed by atoms with van der Waals surface area (Å²) in [6.07, 6.45) is 4.78. The highest BCUT2D eigenvalue weighted by atomic mass is 32.2.